The summed E-state index contributed by atoms with van der Waals surface area (Å²) in [5, 5.41) is 0. The molecule has 0 spiro atoms. The van der Waals surface area contributed by atoms with Gasteiger partial charge >= 0.3 is 6.18 Å². The highest BCUT2D eigenvalue weighted by Gasteiger charge is 2.39. The van der Waals surface area contributed by atoms with Crippen molar-refractivity contribution in [2.75, 3.05) is 24.5 Å². The smallest absolute Gasteiger partial charge is 0.341 e. The number of carbonyl (C=O) groups is 1. The quantitative estimate of drug-likeness (QED) is 0.166. The molecular formula is C36H36F4N4O3S. The summed E-state index contributed by atoms with van der Waals surface area (Å²) in [6, 6.07) is 20.5. The van der Waals surface area contributed by atoms with E-state index in [-0.39, 0.29) is 30.1 Å². The number of sulfonamides is 1. The minimum absolute atomic E-state index is 0.0160. The van der Waals surface area contributed by atoms with Gasteiger partial charge in [-0.05, 0) is 92.5 Å². The Morgan fingerprint density at radius 1 is 0.854 bits per heavy atom. The molecule has 0 N–H and O–H groups in total. The third-order valence-electron chi connectivity index (χ3n) is 9.16. The van der Waals surface area contributed by atoms with Gasteiger partial charge in [-0.15, -0.1) is 0 Å². The van der Waals surface area contributed by atoms with Crippen LogP contribution < -0.4 is 4.90 Å². The summed E-state index contributed by atoms with van der Waals surface area (Å²) in [4.78, 5) is 25.0. The van der Waals surface area contributed by atoms with E-state index in [1.54, 1.807) is 6.07 Å². The Balaban J connectivity index is 1.20. The van der Waals surface area contributed by atoms with Crippen molar-refractivity contribution in [1.82, 2.24) is 14.3 Å². The summed E-state index contributed by atoms with van der Waals surface area (Å²) in [6.45, 7) is 1.61. The molecular weight excluding hydrogens is 644 g/mol. The highest BCUT2D eigenvalue weighted by atomic mass is 32.2. The number of hydrogen-bond donors (Lipinski definition) is 0. The first-order chi connectivity index (χ1) is 23.0. The third-order valence-corrected chi connectivity index (χ3v) is 11.1. The summed E-state index contributed by atoms with van der Waals surface area (Å²) < 4.78 is 81.1. The number of Topliss-reactive ketones (excluding diaryl/α,β-unsaturated/α-hetero) is 1. The molecule has 0 radical (unpaired) electrons. The van der Waals surface area contributed by atoms with Gasteiger partial charge in [0.25, 0.3) is 0 Å². The first-order valence-electron chi connectivity index (χ1n) is 16.1. The Labute approximate surface area is 277 Å². The average Bonchev–Trinajstić information content (AvgIpc) is 3.59. The number of piperidine rings is 1. The van der Waals surface area contributed by atoms with Gasteiger partial charge in [0.1, 0.15) is 5.82 Å². The fraction of sp³-hybridized carbons (Fsp3) is 0.361. The van der Waals surface area contributed by atoms with E-state index in [0.717, 1.165) is 43.5 Å². The second kappa shape index (κ2) is 14.1. The predicted octanol–water partition coefficient (Wildman–Crippen LogP) is 7.12. The molecule has 1 aromatic heterocycles. The number of alkyl halides is 3. The predicted molar refractivity (Wildman–Crippen MR) is 174 cm³/mol. The minimum Gasteiger partial charge on any atom is -0.341 e. The topological polar surface area (TPSA) is 83.5 Å². The van der Waals surface area contributed by atoms with Crippen molar-refractivity contribution >= 4 is 21.8 Å². The van der Waals surface area contributed by atoms with Gasteiger partial charge in [0, 0.05) is 37.3 Å². The van der Waals surface area contributed by atoms with E-state index in [1.807, 2.05) is 18.2 Å². The number of nitrogens with zero attached hydrogens (tertiary/aromatic N) is 4. The number of carbonyl (C=O) groups excluding carboxylic acids is 1. The van der Waals surface area contributed by atoms with Crippen molar-refractivity contribution in [3.8, 4) is 11.3 Å². The number of aryl methyl sites for hydroxylation is 1. The van der Waals surface area contributed by atoms with Crippen LogP contribution in [-0.4, -0.2) is 54.2 Å². The van der Waals surface area contributed by atoms with Gasteiger partial charge in [0.05, 0.1) is 22.2 Å². The second-order valence-electron chi connectivity index (χ2n) is 12.4. The second-order valence-corrected chi connectivity index (χ2v) is 14.3. The Hall–Kier alpha value is -4.16. The lowest BCUT2D eigenvalue weighted by Gasteiger charge is -2.32. The van der Waals surface area contributed by atoms with E-state index in [9.17, 15) is 30.8 Å². The van der Waals surface area contributed by atoms with E-state index in [4.69, 9.17) is 9.97 Å². The van der Waals surface area contributed by atoms with Crippen LogP contribution in [0.1, 0.15) is 48.9 Å². The largest absolute Gasteiger partial charge is 0.416 e. The Kier molecular flexibility index (Phi) is 9.93. The Morgan fingerprint density at radius 2 is 1.54 bits per heavy atom. The van der Waals surface area contributed by atoms with Crippen LogP contribution in [0.15, 0.2) is 89.8 Å². The molecule has 2 aliphatic heterocycles. The van der Waals surface area contributed by atoms with Crippen LogP contribution >= 0.6 is 0 Å². The molecule has 2 saturated heterocycles. The van der Waals surface area contributed by atoms with Gasteiger partial charge in [0.2, 0.25) is 16.0 Å². The summed E-state index contributed by atoms with van der Waals surface area (Å²) in [5.41, 5.74) is 2.01. The van der Waals surface area contributed by atoms with Crippen LogP contribution in [0.4, 0.5) is 23.5 Å². The SMILES string of the molecule is O=C(CCc1cc(-c2ccc(C(F)(F)F)cc2)nc(N2CCC(Cc3ccccc3)CC2)n1)[C@@H]1CCCN1S(=O)(=O)c1ccc(F)cc1. The zero-order valence-electron chi connectivity index (χ0n) is 26.2. The fourth-order valence-corrected chi connectivity index (χ4v) is 8.20. The van der Waals surface area contributed by atoms with Crippen molar-refractivity contribution < 1.29 is 30.8 Å². The lowest BCUT2D eigenvalue weighted by atomic mass is 9.90. The van der Waals surface area contributed by atoms with Gasteiger partial charge in [-0.2, -0.15) is 17.5 Å². The molecule has 6 rings (SSSR count). The third kappa shape index (κ3) is 7.76. The van der Waals surface area contributed by atoms with Crippen LogP contribution in [0.3, 0.4) is 0 Å². The van der Waals surface area contributed by atoms with Crippen molar-refractivity contribution in [2.45, 2.75) is 62.1 Å². The maximum Gasteiger partial charge on any atom is 0.416 e. The fourth-order valence-electron chi connectivity index (χ4n) is 6.52. The highest BCUT2D eigenvalue weighted by molar-refractivity contribution is 7.89. The molecule has 7 nitrogen and oxygen atoms in total. The van der Waals surface area contributed by atoms with Crippen LogP contribution in [0.5, 0.6) is 0 Å². The molecule has 3 aromatic carbocycles. The molecule has 0 amide bonds. The van der Waals surface area contributed by atoms with Crippen molar-refractivity contribution in [3.63, 3.8) is 0 Å². The van der Waals surface area contributed by atoms with Crippen LogP contribution in [-0.2, 0) is 33.8 Å². The highest BCUT2D eigenvalue weighted by Crippen LogP contribution is 2.32. The van der Waals surface area contributed by atoms with E-state index in [0.29, 0.717) is 54.7 Å². The number of hydrogen-bond acceptors (Lipinski definition) is 6. The van der Waals surface area contributed by atoms with E-state index in [1.165, 1.54) is 34.1 Å². The zero-order chi connectivity index (χ0) is 33.9. The maximum absolute atomic E-state index is 13.5. The van der Waals surface area contributed by atoms with Crippen LogP contribution in [0.2, 0.25) is 0 Å². The molecule has 0 saturated carbocycles. The molecule has 0 aliphatic carbocycles. The molecule has 2 fully saturated rings. The summed E-state index contributed by atoms with van der Waals surface area (Å²) in [7, 11) is -4.00. The van der Waals surface area contributed by atoms with Crippen molar-refractivity contribution in [2.24, 2.45) is 5.92 Å². The minimum atomic E-state index is -4.47. The molecule has 3 heterocycles. The van der Waals surface area contributed by atoms with Gasteiger partial charge in [-0.3, -0.25) is 4.79 Å². The lowest BCUT2D eigenvalue weighted by Crippen LogP contribution is -2.40. The molecule has 4 aromatic rings. The first-order valence-corrected chi connectivity index (χ1v) is 17.6. The number of rotatable bonds is 10. The van der Waals surface area contributed by atoms with Gasteiger partial charge < -0.3 is 4.90 Å². The maximum atomic E-state index is 13.5. The average molecular weight is 681 g/mol. The van der Waals surface area contributed by atoms with Crippen molar-refractivity contribution in [3.05, 3.63) is 108 Å². The monoisotopic (exact) mass is 680 g/mol. The number of anilines is 1. The van der Waals surface area contributed by atoms with Crippen LogP contribution in [0.25, 0.3) is 11.3 Å². The summed E-state index contributed by atoms with van der Waals surface area (Å²) >= 11 is 0. The van der Waals surface area contributed by atoms with Gasteiger partial charge in [0.15, 0.2) is 5.78 Å². The number of ketones is 1. The first kappa shape index (κ1) is 33.7. The molecule has 0 bridgehead atoms. The van der Waals surface area contributed by atoms with E-state index in [2.05, 4.69) is 17.0 Å². The molecule has 12 heteroatoms. The van der Waals surface area contributed by atoms with Crippen molar-refractivity contribution in [1.29, 1.82) is 0 Å². The molecule has 1 atom stereocenters. The van der Waals surface area contributed by atoms with E-state index < -0.39 is 33.6 Å². The zero-order valence-corrected chi connectivity index (χ0v) is 27.1. The van der Waals surface area contributed by atoms with Gasteiger partial charge in [-0.1, -0.05) is 42.5 Å². The lowest BCUT2D eigenvalue weighted by molar-refractivity contribution is -0.137. The van der Waals surface area contributed by atoms with Crippen LogP contribution in [0, 0.1) is 11.7 Å². The number of halogens is 4. The van der Waals surface area contributed by atoms with E-state index >= 15 is 0 Å². The Morgan fingerprint density at radius 3 is 2.21 bits per heavy atom. The number of aromatic nitrogens is 2. The molecule has 48 heavy (non-hydrogen) atoms. The molecule has 0 unspecified atom stereocenters. The summed E-state index contributed by atoms with van der Waals surface area (Å²) in [6.07, 6.45) is -0.522. The number of benzene rings is 3. The standard InChI is InChI=1S/C36H36F4N4O3S/c37-29-12-15-31(16-13-29)48(46,47)44-20-4-7-33(44)34(45)17-14-30-24-32(27-8-10-28(11-9-27)36(38,39)40)42-35(41-30)43-21-18-26(19-22-43)23-25-5-2-1-3-6-25/h1-3,5-6,8-13,15-16,24,26,33H,4,7,14,17-23H2/t33-/m0/s1. The molecule has 2 aliphatic rings. The summed E-state index contributed by atoms with van der Waals surface area (Å²) in [5.74, 6) is 0.143. The Bertz CT molecular complexity index is 1830. The normalized spacial score (nSPS) is 17.9. The van der Waals surface area contributed by atoms with Gasteiger partial charge in [-0.25, -0.2) is 22.8 Å². The molecule has 252 valence electrons.